The molecular weight excluding hydrogens is 372 g/mol. The van der Waals surface area contributed by atoms with E-state index in [4.69, 9.17) is 0 Å². The highest BCUT2D eigenvalue weighted by Crippen LogP contribution is 2.26. The van der Waals surface area contributed by atoms with Crippen LogP contribution < -0.4 is 4.72 Å². The number of hydrogen-bond acceptors (Lipinski definition) is 6. The van der Waals surface area contributed by atoms with Gasteiger partial charge in [0.1, 0.15) is 16.5 Å². The lowest BCUT2D eigenvalue weighted by Gasteiger charge is -2.07. The van der Waals surface area contributed by atoms with Gasteiger partial charge >= 0.3 is 0 Å². The van der Waals surface area contributed by atoms with Crippen LogP contribution in [0.4, 0.5) is 10.7 Å². The SMILES string of the molecule is CC(=Nc1ccc(S(=O)(=O)Nc2cccs2)cc1)c1ccc(O)cc1O. The zero-order valence-corrected chi connectivity index (χ0v) is 15.4. The molecule has 0 aliphatic carbocycles. The molecule has 1 heterocycles. The molecule has 0 atom stereocenters. The molecule has 2 aromatic carbocycles. The summed E-state index contributed by atoms with van der Waals surface area (Å²) in [5, 5.41) is 21.6. The number of nitrogens with one attached hydrogen (secondary N) is 1. The number of thiophene rings is 1. The maximum absolute atomic E-state index is 12.3. The van der Waals surface area contributed by atoms with E-state index in [0.717, 1.165) is 0 Å². The average molecular weight is 388 g/mol. The van der Waals surface area contributed by atoms with Crippen molar-refractivity contribution in [1.82, 2.24) is 0 Å². The Labute approximate surface area is 155 Å². The lowest BCUT2D eigenvalue weighted by atomic mass is 10.1. The first-order valence-electron chi connectivity index (χ1n) is 7.59. The summed E-state index contributed by atoms with van der Waals surface area (Å²) in [5.74, 6) is -0.113. The second kappa shape index (κ2) is 7.19. The molecule has 3 N–H and O–H groups in total. The molecule has 0 bridgehead atoms. The van der Waals surface area contributed by atoms with Crippen LogP contribution in [0.3, 0.4) is 0 Å². The molecule has 0 fully saturated rings. The normalized spacial score (nSPS) is 12.1. The predicted octanol–water partition coefficient (Wildman–Crippen LogP) is 4.10. The number of phenols is 2. The fourth-order valence-corrected chi connectivity index (χ4v) is 4.24. The van der Waals surface area contributed by atoms with Crippen LogP contribution >= 0.6 is 11.3 Å². The molecule has 8 heteroatoms. The van der Waals surface area contributed by atoms with Gasteiger partial charge in [0.05, 0.1) is 10.6 Å². The van der Waals surface area contributed by atoms with Crippen LogP contribution in [0.1, 0.15) is 12.5 Å². The van der Waals surface area contributed by atoms with E-state index in [9.17, 15) is 18.6 Å². The maximum Gasteiger partial charge on any atom is 0.262 e. The number of benzene rings is 2. The van der Waals surface area contributed by atoms with Crippen LogP contribution in [-0.2, 0) is 10.0 Å². The third-order valence-electron chi connectivity index (χ3n) is 3.57. The molecule has 0 amide bonds. The number of hydrogen-bond donors (Lipinski definition) is 3. The van der Waals surface area contributed by atoms with Crippen LogP contribution in [0.25, 0.3) is 0 Å². The Bertz CT molecular complexity index is 1040. The number of rotatable bonds is 5. The summed E-state index contributed by atoms with van der Waals surface area (Å²) in [7, 11) is -3.65. The summed E-state index contributed by atoms with van der Waals surface area (Å²) < 4.78 is 27.2. The van der Waals surface area contributed by atoms with Gasteiger partial charge in [0.25, 0.3) is 10.0 Å². The highest BCUT2D eigenvalue weighted by Gasteiger charge is 2.14. The molecular formula is C18H16N2O4S2. The van der Waals surface area contributed by atoms with Crippen LogP contribution in [0.5, 0.6) is 11.5 Å². The van der Waals surface area contributed by atoms with E-state index in [1.54, 1.807) is 42.6 Å². The van der Waals surface area contributed by atoms with Crippen molar-refractivity contribution < 1.29 is 18.6 Å². The first kappa shape index (κ1) is 18.0. The van der Waals surface area contributed by atoms with E-state index in [2.05, 4.69) is 9.71 Å². The Morgan fingerprint density at radius 2 is 1.81 bits per heavy atom. The number of phenolic OH excluding ortho intramolecular Hbond substituents is 2. The first-order valence-corrected chi connectivity index (χ1v) is 9.95. The van der Waals surface area contributed by atoms with Crippen LogP contribution in [-0.4, -0.2) is 24.3 Å². The quantitative estimate of drug-likeness (QED) is 0.573. The van der Waals surface area contributed by atoms with Crippen LogP contribution in [0.15, 0.2) is 69.9 Å². The van der Waals surface area contributed by atoms with Crippen LogP contribution in [0, 0.1) is 0 Å². The highest BCUT2D eigenvalue weighted by atomic mass is 32.2. The number of aliphatic imine (C=N–C) groups is 1. The van der Waals surface area contributed by atoms with Crippen molar-refractivity contribution >= 4 is 37.8 Å². The van der Waals surface area contributed by atoms with Crippen molar-refractivity contribution in [1.29, 1.82) is 0 Å². The van der Waals surface area contributed by atoms with Gasteiger partial charge in [0.2, 0.25) is 0 Å². The van der Waals surface area contributed by atoms with Crippen molar-refractivity contribution in [3.8, 4) is 11.5 Å². The van der Waals surface area contributed by atoms with Gasteiger partial charge in [-0.1, -0.05) is 0 Å². The van der Waals surface area contributed by atoms with Crippen molar-refractivity contribution in [3.05, 3.63) is 65.5 Å². The molecule has 6 nitrogen and oxygen atoms in total. The summed E-state index contributed by atoms with van der Waals surface area (Å²) in [6, 6.07) is 13.8. The van der Waals surface area contributed by atoms with Crippen molar-refractivity contribution in [2.45, 2.75) is 11.8 Å². The largest absolute Gasteiger partial charge is 0.508 e. The summed E-state index contributed by atoms with van der Waals surface area (Å²) in [6.45, 7) is 1.72. The van der Waals surface area contributed by atoms with E-state index in [1.807, 2.05) is 0 Å². The minimum absolute atomic E-state index is 0.0353. The third kappa shape index (κ3) is 4.04. The smallest absolute Gasteiger partial charge is 0.262 e. The Hall–Kier alpha value is -2.84. The van der Waals surface area contributed by atoms with Gasteiger partial charge in [-0.3, -0.25) is 9.71 Å². The zero-order chi connectivity index (χ0) is 18.7. The second-order valence-electron chi connectivity index (χ2n) is 5.48. The van der Waals surface area contributed by atoms with Gasteiger partial charge in [-0.2, -0.15) is 0 Å². The lowest BCUT2D eigenvalue weighted by molar-refractivity contribution is 0.450. The standard InChI is InChI=1S/C18H16N2O4S2/c1-12(16-9-6-14(21)11-17(16)22)19-13-4-7-15(8-5-13)26(23,24)20-18-3-2-10-25-18/h2-11,20-22H,1H3. The molecule has 0 radical (unpaired) electrons. The number of nitrogens with zero attached hydrogens (tertiary/aromatic N) is 1. The third-order valence-corrected chi connectivity index (χ3v) is 5.87. The van der Waals surface area contributed by atoms with Gasteiger partial charge in [-0.05, 0) is 60.8 Å². The maximum atomic E-state index is 12.3. The van der Waals surface area contributed by atoms with Crippen molar-refractivity contribution in [2.75, 3.05) is 4.72 Å². The molecule has 3 rings (SSSR count). The van der Waals surface area contributed by atoms with E-state index in [0.29, 0.717) is 22.0 Å². The minimum Gasteiger partial charge on any atom is -0.508 e. The first-order chi connectivity index (χ1) is 12.3. The fraction of sp³-hybridized carbons (Fsp3) is 0.0556. The summed E-state index contributed by atoms with van der Waals surface area (Å²) in [6.07, 6.45) is 0. The number of sulfonamides is 1. The fourth-order valence-electron chi connectivity index (χ4n) is 2.31. The summed E-state index contributed by atoms with van der Waals surface area (Å²) in [5.41, 5.74) is 1.57. The molecule has 26 heavy (non-hydrogen) atoms. The Morgan fingerprint density at radius 3 is 2.42 bits per heavy atom. The molecule has 1 aromatic heterocycles. The van der Waals surface area contributed by atoms with E-state index in [-0.39, 0.29) is 16.4 Å². The predicted molar refractivity (Wildman–Crippen MR) is 103 cm³/mol. The van der Waals surface area contributed by atoms with E-state index >= 15 is 0 Å². The molecule has 0 saturated carbocycles. The Balaban J connectivity index is 1.83. The van der Waals surface area contributed by atoms with E-state index < -0.39 is 10.0 Å². The number of aromatic hydroxyl groups is 2. The van der Waals surface area contributed by atoms with Crippen molar-refractivity contribution in [3.63, 3.8) is 0 Å². The summed E-state index contributed by atoms with van der Waals surface area (Å²) >= 11 is 1.30. The van der Waals surface area contributed by atoms with Crippen LogP contribution in [0.2, 0.25) is 0 Å². The van der Waals surface area contributed by atoms with Gasteiger partial charge in [0, 0.05) is 17.3 Å². The minimum atomic E-state index is -3.65. The monoisotopic (exact) mass is 388 g/mol. The van der Waals surface area contributed by atoms with Gasteiger partial charge in [-0.15, -0.1) is 11.3 Å². The van der Waals surface area contributed by atoms with Crippen molar-refractivity contribution in [2.24, 2.45) is 4.99 Å². The molecule has 0 aliphatic heterocycles. The topological polar surface area (TPSA) is 99.0 Å². The molecule has 3 aromatic rings. The Morgan fingerprint density at radius 1 is 1.08 bits per heavy atom. The summed E-state index contributed by atoms with van der Waals surface area (Å²) in [4.78, 5) is 4.51. The van der Waals surface area contributed by atoms with Gasteiger partial charge in [-0.25, -0.2) is 8.42 Å². The molecule has 134 valence electrons. The highest BCUT2D eigenvalue weighted by molar-refractivity contribution is 7.93. The number of anilines is 1. The molecule has 0 saturated heterocycles. The van der Waals surface area contributed by atoms with Gasteiger partial charge in [0.15, 0.2) is 0 Å². The van der Waals surface area contributed by atoms with E-state index in [1.165, 1.54) is 35.6 Å². The lowest BCUT2D eigenvalue weighted by Crippen LogP contribution is -2.11. The van der Waals surface area contributed by atoms with Gasteiger partial charge < -0.3 is 10.2 Å². The molecule has 0 unspecified atom stereocenters. The molecule has 0 aliphatic rings. The average Bonchev–Trinajstić information content (AvgIpc) is 3.07. The molecule has 0 spiro atoms. The Kier molecular flexibility index (Phi) is 4.97. The zero-order valence-electron chi connectivity index (χ0n) is 13.7. The second-order valence-corrected chi connectivity index (χ2v) is 8.11.